The van der Waals surface area contributed by atoms with E-state index in [-0.39, 0.29) is 6.10 Å². The Morgan fingerprint density at radius 1 is 1.20 bits per heavy atom. The maximum atomic E-state index is 14.0. The number of rotatable bonds is 6. The first-order chi connectivity index (χ1) is 14.0. The highest BCUT2D eigenvalue weighted by molar-refractivity contribution is 5.36. The molecule has 0 heterocycles. The van der Waals surface area contributed by atoms with E-state index < -0.39 is 11.8 Å². The van der Waals surface area contributed by atoms with Gasteiger partial charge in [-0.15, -0.1) is 0 Å². The van der Waals surface area contributed by atoms with E-state index in [9.17, 15) is 14.6 Å². The maximum absolute atomic E-state index is 14.0. The monoisotopic (exact) mass is 418 g/mol. The maximum Gasteiger partial charge on any atom is 0.131 e. The summed E-state index contributed by atoms with van der Waals surface area (Å²) in [6.07, 6.45) is 13.5. The van der Waals surface area contributed by atoms with Crippen molar-refractivity contribution in [3.8, 4) is 0 Å². The third-order valence-corrected chi connectivity index (χ3v) is 8.60. The number of aliphatic hydroxyl groups excluding tert-OH is 2. The van der Waals surface area contributed by atoms with Crippen LogP contribution in [0.1, 0.15) is 91.9 Å². The Morgan fingerprint density at radius 2 is 1.93 bits per heavy atom. The summed E-state index contributed by atoms with van der Waals surface area (Å²) in [6.45, 7) is 11.9. The molecular weight excluding hydrogens is 375 g/mol. The van der Waals surface area contributed by atoms with E-state index in [1.165, 1.54) is 57.1 Å². The second kappa shape index (κ2) is 9.28. The molecular formula is C27H43FO2. The number of halogens is 1. The van der Waals surface area contributed by atoms with Crippen molar-refractivity contribution >= 4 is 0 Å². The Hall–Kier alpha value is -0.930. The molecule has 0 aromatic carbocycles. The molecule has 0 amide bonds. The summed E-state index contributed by atoms with van der Waals surface area (Å²) in [5, 5.41) is 20.2. The molecule has 3 saturated carbocycles. The van der Waals surface area contributed by atoms with Crippen LogP contribution in [0.25, 0.3) is 0 Å². The molecule has 0 bridgehead atoms. The van der Waals surface area contributed by atoms with Gasteiger partial charge in [-0.2, -0.15) is 0 Å². The zero-order valence-electron chi connectivity index (χ0n) is 19.6. The van der Waals surface area contributed by atoms with Gasteiger partial charge < -0.3 is 10.2 Å². The van der Waals surface area contributed by atoms with E-state index in [0.717, 1.165) is 25.7 Å². The molecule has 0 aliphatic heterocycles. The second-order valence-electron chi connectivity index (χ2n) is 11.2. The zero-order valence-corrected chi connectivity index (χ0v) is 19.6. The number of alkyl halides is 1. The van der Waals surface area contributed by atoms with Gasteiger partial charge in [0.05, 0.1) is 12.2 Å². The van der Waals surface area contributed by atoms with Crippen molar-refractivity contribution in [2.45, 2.75) is 110 Å². The molecule has 0 spiro atoms. The second-order valence-corrected chi connectivity index (χ2v) is 11.2. The lowest BCUT2D eigenvalue weighted by molar-refractivity contribution is 0.00301. The molecule has 6 atom stereocenters. The van der Waals surface area contributed by atoms with Crippen LogP contribution >= 0.6 is 0 Å². The molecule has 30 heavy (non-hydrogen) atoms. The Bertz CT molecular complexity index is 685. The van der Waals surface area contributed by atoms with Crippen LogP contribution in [0.15, 0.2) is 35.5 Å². The summed E-state index contributed by atoms with van der Waals surface area (Å²) >= 11 is 0. The number of allylic oxidation sites excluding steroid dienone is 4. The van der Waals surface area contributed by atoms with E-state index in [1.807, 2.05) is 0 Å². The van der Waals surface area contributed by atoms with Gasteiger partial charge >= 0.3 is 0 Å². The van der Waals surface area contributed by atoms with Crippen molar-refractivity contribution in [2.24, 2.45) is 23.2 Å². The van der Waals surface area contributed by atoms with Crippen molar-refractivity contribution in [3.05, 3.63) is 35.5 Å². The van der Waals surface area contributed by atoms with Gasteiger partial charge in [-0.05, 0) is 107 Å². The third-order valence-electron chi connectivity index (χ3n) is 8.60. The predicted octanol–water partition coefficient (Wildman–Crippen LogP) is 6.68. The highest BCUT2D eigenvalue weighted by Gasteiger charge is 2.50. The number of hydrogen-bond donors (Lipinski definition) is 2. The minimum Gasteiger partial charge on any atom is -0.393 e. The minimum atomic E-state index is -1.52. The SMILES string of the molecule is C=C1CC[C@H](O)C/C1=C/C=C1\CCC[C@]2(C)[C@@H]([C@H](C)CC[C@@H](O)C(C)(C)F)CC[C@@H]12. The largest absolute Gasteiger partial charge is 0.393 e. The predicted molar refractivity (Wildman–Crippen MR) is 123 cm³/mol. The highest BCUT2D eigenvalue weighted by Crippen LogP contribution is 2.60. The van der Waals surface area contributed by atoms with Crippen LogP contribution in [0.4, 0.5) is 4.39 Å². The smallest absolute Gasteiger partial charge is 0.131 e. The van der Waals surface area contributed by atoms with Gasteiger partial charge in [0.1, 0.15) is 5.67 Å². The van der Waals surface area contributed by atoms with Crippen molar-refractivity contribution in [3.63, 3.8) is 0 Å². The van der Waals surface area contributed by atoms with Gasteiger partial charge in [0, 0.05) is 0 Å². The first-order valence-electron chi connectivity index (χ1n) is 12.1. The topological polar surface area (TPSA) is 40.5 Å². The number of fused-ring (bicyclic) bond motifs is 1. The van der Waals surface area contributed by atoms with Crippen LogP contribution in [0.5, 0.6) is 0 Å². The molecule has 0 aromatic heterocycles. The lowest BCUT2D eigenvalue weighted by atomic mass is 9.60. The first-order valence-corrected chi connectivity index (χ1v) is 12.1. The molecule has 0 radical (unpaired) electrons. The van der Waals surface area contributed by atoms with Crippen molar-refractivity contribution in [1.29, 1.82) is 0 Å². The van der Waals surface area contributed by atoms with Gasteiger partial charge in [-0.1, -0.05) is 43.7 Å². The van der Waals surface area contributed by atoms with Gasteiger partial charge in [-0.25, -0.2) is 4.39 Å². The standard InChI is InChI=1S/C27H43FO2/c1-18-8-12-22(29)17-21(18)11-10-20-7-6-16-27(5)23(13-14-24(20)27)19(2)9-15-25(30)26(3,4)28/h10-11,19,22-25,29-30H,1,6-9,12-17H2,2-5H3/b20-10+,21-11-/t19-,22+,23-,24+,25-,27-/m1/s1. The lowest BCUT2D eigenvalue weighted by Crippen LogP contribution is -2.37. The van der Waals surface area contributed by atoms with Crippen molar-refractivity contribution < 1.29 is 14.6 Å². The summed E-state index contributed by atoms with van der Waals surface area (Å²) in [7, 11) is 0. The van der Waals surface area contributed by atoms with Crippen LogP contribution in [0.3, 0.4) is 0 Å². The molecule has 170 valence electrons. The van der Waals surface area contributed by atoms with Gasteiger partial charge in [0.25, 0.3) is 0 Å². The summed E-state index contributed by atoms with van der Waals surface area (Å²) in [6, 6.07) is 0. The molecule has 2 nitrogen and oxygen atoms in total. The summed E-state index contributed by atoms with van der Waals surface area (Å²) in [5.74, 6) is 1.77. The fraction of sp³-hybridized carbons (Fsp3) is 0.778. The van der Waals surface area contributed by atoms with Crippen LogP contribution in [0, 0.1) is 23.2 Å². The van der Waals surface area contributed by atoms with Crippen molar-refractivity contribution in [1.82, 2.24) is 0 Å². The minimum absolute atomic E-state index is 0.224. The van der Waals surface area contributed by atoms with E-state index in [1.54, 1.807) is 5.57 Å². The average molecular weight is 419 g/mol. The van der Waals surface area contributed by atoms with Gasteiger partial charge in [-0.3, -0.25) is 0 Å². The van der Waals surface area contributed by atoms with E-state index in [4.69, 9.17) is 0 Å². The Labute approximate surface area is 183 Å². The quantitative estimate of drug-likeness (QED) is 0.505. The summed E-state index contributed by atoms with van der Waals surface area (Å²) in [5.41, 5.74) is 2.76. The fourth-order valence-corrected chi connectivity index (χ4v) is 6.57. The zero-order chi connectivity index (χ0) is 22.1. The number of aliphatic hydroxyl groups is 2. The van der Waals surface area contributed by atoms with Gasteiger partial charge in [0.15, 0.2) is 0 Å². The number of hydrogen-bond acceptors (Lipinski definition) is 2. The van der Waals surface area contributed by atoms with Crippen molar-refractivity contribution in [2.75, 3.05) is 0 Å². The first kappa shape index (κ1) is 23.7. The Balaban J connectivity index is 1.69. The molecule has 0 unspecified atom stereocenters. The Kier molecular flexibility index (Phi) is 7.34. The molecule has 2 N–H and O–H groups in total. The molecule has 3 aliphatic carbocycles. The molecule has 0 aromatic rings. The molecule has 3 heteroatoms. The Morgan fingerprint density at radius 3 is 2.63 bits per heavy atom. The molecule has 0 saturated heterocycles. The normalized spacial score (nSPS) is 37.4. The highest BCUT2D eigenvalue weighted by atomic mass is 19.1. The third kappa shape index (κ3) is 5.10. The van der Waals surface area contributed by atoms with Crippen LogP contribution in [-0.2, 0) is 0 Å². The molecule has 3 fully saturated rings. The molecule has 3 aliphatic rings. The van der Waals surface area contributed by atoms with Crippen LogP contribution < -0.4 is 0 Å². The van der Waals surface area contributed by atoms with E-state index in [0.29, 0.717) is 29.6 Å². The fourth-order valence-electron chi connectivity index (χ4n) is 6.57. The van der Waals surface area contributed by atoms with E-state index in [2.05, 4.69) is 32.6 Å². The van der Waals surface area contributed by atoms with E-state index >= 15 is 0 Å². The average Bonchev–Trinajstić information content (AvgIpc) is 3.03. The van der Waals surface area contributed by atoms with Gasteiger partial charge in [0.2, 0.25) is 0 Å². The summed E-state index contributed by atoms with van der Waals surface area (Å²) < 4.78 is 14.0. The lowest BCUT2D eigenvalue weighted by Gasteiger charge is -2.44. The van der Waals surface area contributed by atoms with Crippen LogP contribution in [-0.4, -0.2) is 28.1 Å². The molecule has 3 rings (SSSR count). The van der Waals surface area contributed by atoms with Crippen LogP contribution in [0.2, 0.25) is 0 Å². The summed E-state index contributed by atoms with van der Waals surface area (Å²) in [4.78, 5) is 0.